The third-order valence-electron chi connectivity index (χ3n) is 11.4. The molecule has 4 atom stereocenters. The van der Waals surface area contributed by atoms with Crippen molar-refractivity contribution in [1.82, 2.24) is 40.4 Å². The smallest absolute Gasteiger partial charge is 0.407 e. The van der Waals surface area contributed by atoms with Crippen molar-refractivity contribution in [2.75, 3.05) is 27.3 Å². The maximum Gasteiger partial charge on any atom is 0.407 e. The number of rotatable bonds is 10. The van der Waals surface area contributed by atoms with E-state index in [0.717, 1.165) is 81.7 Å². The highest BCUT2D eigenvalue weighted by atomic mass is 32.1. The van der Waals surface area contributed by atoms with Crippen molar-refractivity contribution in [3.8, 4) is 22.3 Å². The molecule has 304 valence electrons. The fourth-order valence-corrected chi connectivity index (χ4v) is 10.8. The maximum absolute atomic E-state index is 13.7. The summed E-state index contributed by atoms with van der Waals surface area (Å²) in [6, 6.07) is 10.7. The van der Waals surface area contributed by atoms with Crippen LogP contribution in [0.1, 0.15) is 77.1 Å². The number of ether oxygens (including phenoxy) is 2. The van der Waals surface area contributed by atoms with Gasteiger partial charge in [0.25, 0.3) is 0 Å². The summed E-state index contributed by atoms with van der Waals surface area (Å²) in [5.41, 5.74) is 7.93. The minimum Gasteiger partial charge on any atom is -0.453 e. The highest BCUT2D eigenvalue weighted by Crippen LogP contribution is 2.45. The number of methoxy groups -OCH3 is 2. The molecule has 14 nitrogen and oxygen atoms in total. The summed E-state index contributed by atoms with van der Waals surface area (Å²) in [6.45, 7) is 8.82. The lowest BCUT2D eigenvalue weighted by atomic mass is 10.0. The monoisotopic (exact) mass is 824 g/mol. The molecule has 0 bridgehead atoms. The molecule has 16 heteroatoms. The Bertz CT molecular complexity index is 2350. The molecule has 2 aliphatic heterocycles. The standard InChI is InChI=1S/C42H48N8O6S2/c1-21(2)33(47-41(53)55-5)39(51)49-15-7-9-31(49)37-43-27-13-11-23(17-29(27)45-37)25-19-57-36-26(20-58-35(25)36)24-12-14-28-30(18-24)46-38(44-28)32-10-8-16-50(32)40(52)34(22(3)4)48-42(54)56-6/h11-14,17-22,31-34H,7-10,15-16H2,1-6H3,(H,43,45)(H,44,46)(H,47,53)(H,48,54)/t31?,32?,33-,34-/m0/s1. The number of hydrogen-bond donors (Lipinski definition) is 4. The Morgan fingerprint density at radius 1 is 0.690 bits per heavy atom. The number of aromatic nitrogens is 4. The van der Waals surface area contributed by atoms with E-state index in [-0.39, 0.29) is 35.7 Å². The van der Waals surface area contributed by atoms with Gasteiger partial charge >= 0.3 is 12.2 Å². The summed E-state index contributed by atoms with van der Waals surface area (Å²) < 4.78 is 12.0. The van der Waals surface area contributed by atoms with Crippen LogP contribution in [0, 0.1) is 11.8 Å². The van der Waals surface area contributed by atoms with Crippen molar-refractivity contribution in [2.45, 2.75) is 77.5 Å². The van der Waals surface area contributed by atoms with Crippen molar-refractivity contribution in [3.63, 3.8) is 0 Å². The number of carbonyl (C=O) groups is 4. The minimum atomic E-state index is -0.693. The number of amides is 4. The molecule has 0 spiro atoms. The van der Waals surface area contributed by atoms with Gasteiger partial charge in [-0.2, -0.15) is 0 Å². The van der Waals surface area contributed by atoms with Gasteiger partial charge in [-0.15, -0.1) is 22.7 Å². The van der Waals surface area contributed by atoms with E-state index in [1.165, 1.54) is 23.6 Å². The van der Waals surface area contributed by atoms with Crippen molar-refractivity contribution in [1.29, 1.82) is 0 Å². The van der Waals surface area contributed by atoms with Crippen molar-refractivity contribution in [2.24, 2.45) is 11.8 Å². The van der Waals surface area contributed by atoms with E-state index >= 15 is 0 Å². The van der Waals surface area contributed by atoms with Gasteiger partial charge in [-0.1, -0.05) is 39.8 Å². The van der Waals surface area contributed by atoms with Gasteiger partial charge in [-0.3, -0.25) is 9.59 Å². The van der Waals surface area contributed by atoms with Crippen molar-refractivity contribution >= 4 is 78.1 Å². The van der Waals surface area contributed by atoms with E-state index in [1.54, 1.807) is 22.7 Å². The molecule has 58 heavy (non-hydrogen) atoms. The number of imidazole rings is 2. The molecule has 4 aromatic heterocycles. The summed E-state index contributed by atoms with van der Waals surface area (Å²) in [5, 5.41) is 9.85. The molecule has 2 aromatic carbocycles. The zero-order chi connectivity index (χ0) is 40.8. The third-order valence-corrected chi connectivity index (χ3v) is 13.5. The quantitative estimate of drug-likeness (QED) is 0.107. The molecular formula is C42H48N8O6S2. The van der Waals surface area contributed by atoms with E-state index < -0.39 is 24.3 Å². The van der Waals surface area contributed by atoms with E-state index in [1.807, 2.05) is 49.6 Å². The zero-order valence-corrected chi connectivity index (χ0v) is 35.0. The Balaban J connectivity index is 1.02. The number of fused-ring (bicyclic) bond motifs is 3. The Morgan fingerprint density at radius 3 is 1.48 bits per heavy atom. The molecule has 2 saturated heterocycles. The SMILES string of the molecule is COC(=O)N[C@H](C(=O)N1CCCC1c1nc2ccc(-c3csc4c(-c5ccc6nc(C7CCCN7C(=O)[C@@H](NC(=O)OC)C(C)C)[nH]c6c5)csc34)cc2[nH]1)C(C)C. The molecule has 8 rings (SSSR count). The van der Waals surface area contributed by atoms with E-state index in [2.05, 4.69) is 55.6 Å². The van der Waals surface area contributed by atoms with E-state index in [0.29, 0.717) is 13.1 Å². The molecule has 4 N–H and O–H groups in total. The van der Waals surface area contributed by atoms with Crippen LogP contribution in [-0.4, -0.2) is 93.1 Å². The van der Waals surface area contributed by atoms with Crippen LogP contribution < -0.4 is 10.6 Å². The van der Waals surface area contributed by atoms with Crippen LogP contribution in [0.15, 0.2) is 47.2 Å². The number of nitrogens with one attached hydrogen (secondary N) is 4. The molecule has 2 aliphatic rings. The van der Waals surface area contributed by atoms with Crippen LogP contribution in [0.3, 0.4) is 0 Å². The van der Waals surface area contributed by atoms with Crippen LogP contribution in [0.5, 0.6) is 0 Å². The molecule has 6 heterocycles. The van der Waals surface area contributed by atoms with E-state index in [4.69, 9.17) is 19.4 Å². The second-order valence-electron chi connectivity index (χ2n) is 15.8. The first-order chi connectivity index (χ1) is 27.9. The van der Waals surface area contributed by atoms with Gasteiger partial charge in [-0.25, -0.2) is 19.6 Å². The van der Waals surface area contributed by atoms with Crippen LogP contribution >= 0.6 is 22.7 Å². The molecule has 4 amide bonds. The number of likely N-dealkylation sites (tertiary alicyclic amines) is 2. The maximum atomic E-state index is 13.7. The van der Waals surface area contributed by atoms with Crippen LogP contribution in [-0.2, 0) is 19.1 Å². The van der Waals surface area contributed by atoms with Crippen LogP contribution in [0.25, 0.3) is 53.7 Å². The molecule has 0 radical (unpaired) electrons. The normalized spacial score (nSPS) is 18.1. The van der Waals surface area contributed by atoms with Crippen molar-refractivity contribution < 1.29 is 28.7 Å². The number of nitrogens with zero attached hydrogens (tertiary/aromatic N) is 4. The van der Waals surface area contributed by atoms with Crippen LogP contribution in [0.2, 0.25) is 0 Å². The van der Waals surface area contributed by atoms with Gasteiger partial charge < -0.3 is 39.9 Å². The first kappa shape index (κ1) is 39.4. The number of carbonyl (C=O) groups excluding carboxylic acids is 4. The number of aromatic amines is 2. The number of alkyl carbamates (subject to hydrolysis) is 2. The average Bonchev–Trinajstić information content (AvgIpc) is 4.07. The zero-order valence-electron chi connectivity index (χ0n) is 33.4. The van der Waals surface area contributed by atoms with Gasteiger partial charge in [0.2, 0.25) is 11.8 Å². The fourth-order valence-electron chi connectivity index (χ4n) is 8.31. The third kappa shape index (κ3) is 7.27. The van der Waals surface area contributed by atoms with Gasteiger partial charge in [0, 0.05) is 35.0 Å². The van der Waals surface area contributed by atoms with Crippen molar-refractivity contribution in [3.05, 3.63) is 58.8 Å². The molecule has 0 aliphatic carbocycles. The summed E-state index contributed by atoms with van der Waals surface area (Å²) in [6.07, 6.45) is 2.01. The van der Waals surface area contributed by atoms with Gasteiger partial charge in [0.1, 0.15) is 23.7 Å². The summed E-state index contributed by atoms with van der Waals surface area (Å²) in [5.74, 6) is 0.997. The highest BCUT2D eigenvalue weighted by molar-refractivity contribution is 7.27. The summed E-state index contributed by atoms with van der Waals surface area (Å²) >= 11 is 3.44. The fraction of sp³-hybridized carbons (Fsp3) is 0.429. The largest absolute Gasteiger partial charge is 0.453 e. The first-order valence-corrected chi connectivity index (χ1v) is 21.5. The number of benzene rings is 2. The van der Waals surface area contributed by atoms with E-state index in [9.17, 15) is 19.2 Å². The number of thiophene rings is 2. The first-order valence-electron chi connectivity index (χ1n) is 19.7. The molecule has 2 unspecified atom stereocenters. The second-order valence-corrected chi connectivity index (χ2v) is 17.5. The number of hydrogen-bond acceptors (Lipinski definition) is 10. The van der Waals surface area contributed by atoms with Gasteiger partial charge in [0.05, 0.1) is 57.8 Å². The summed E-state index contributed by atoms with van der Waals surface area (Å²) in [4.78, 5) is 72.0. The lowest BCUT2D eigenvalue weighted by molar-refractivity contribution is -0.136. The summed E-state index contributed by atoms with van der Waals surface area (Å²) in [7, 11) is 2.59. The topological polar surface area (TPSA) is 175 Å². The Hall–Kier alpha value is -5.48. The minimum absolute atomic E-state index is 0.109. The van der Waals surface area contributed by atoms with Gasteiger partial charge in [-0.05, 0) is 72.9 Å². The molecule has 6 aromatic rings. The lowest BCUT2D eigenvalue weighted by Gasteiger charge is -2.29. The lowest BCUT2D eigenvalue weighted by Crippen LogP contribution is -2.51. The Kier molecular flexibility index (Phi) is 10.9. The second kappa shape index (κ2) is 16.0. The number of H-pyrrole nitrogens is 2. The molecular weight excluding hydrogens is 777 g/mol. The Labute approximate surface area is 343 Å². The molecule has 0 saturated carbocycles. The average molecular weight is 825 g/mol. The predicted molar refractivity (Wildman–Crippen MR) is 226 cm³/mol. The molecule has 2 fully saturated rings. The Morgan fingerprint density at radius 2 is 1.10 bits per heavy atom. The highest BCUT2D eigenvalue weighted by Gasteiger charge is 2.39. The van der Waals surface area contributed by atoms with Gasteiger partial charge in [0.15, 0.2) is 0 Å². The predicted octanol–water partition coefficient (Wildman–Crippen LogP) is 8.14. The van der Waals surface area contributed by atoms with Crippen LogP contribution in [0.4, 0.5) is 9.59 Å².